The molecule has 0 fully saturated rings. The summed E-state index contributed by atoms with van der Waals surface area (Å²) in [5.74, 6) is -1.21. The number of halogens is 2. The molecule has 2 amide bonds. The van der Waals surface area contributed by atoms with E-state index in [9.17, 15) is 22.4 Å². The molecule has 0 aromatic heterocycles. The fourth-order valence-corrected chi connectivity index (χ4v) is 6.42. The Morgan fingerprint density at radius 3 is 2.07 bits per heavy atom. The number of nitrogens with zero attached hydrogens (tertiary/aromatic N) is 2. The van der Waals surface area contributed by atoms with Gasteiger partial charge in [-0.1, -0.05) is 89.9 Å². The standard InChI is InChI=1S/C35H37BrFN3O4S/c1-25(2)22-38-35(42)33(21-27-7-5-4-6-8-27)39(23-28-11-15-30(37)16-12-28)34(41)24-40(31-17-13-29(36)14-18-31)45(43,44)32-19-9-26(3)10-20-32/h4-20,25,33H,21-24H2,1-3H3,(H,38,42)/t33-/m0/s1. The molecule has 7 nitrogen and oxygen atoms in total. The first-order chi connectivity index (χ1) is 21.4. The van der Waals surface area contributed by atoms with Crippen LogP contribution in [-0.2, 0) is 32.6 Å². The highest BCUT2D eigenvalue weighted by Gasteiger charge is 2.34. The van der Waals surface area contributed by atoms with Crippen LogP contribution in [0.1, 0.15) is 30.5 Å². The number of hydrogen-bond acceptors (Lipinski definition) is 4. The summed E-state index contributed by atoms with van der Waals surface area (Å²) in [7, 11) is -4.20. The van der Waals surface area contributed by atoms with Crippen LogP contribution in [0, 0.1) is 18.7 Å². The van der Waals surface area contributed by atoms with Crippen LogP contribution in [0.5, 0.6) is 0 Å². The van der Waals surface area contributed by atoms with Gasteiger partial charge in [-0.25, -0.2) is 12.8 Å². The topological polar surface area (TPSA) is 86.8 Å². The fraction of sp³-hybridized carbons (Fsp3) is 0.257. The van der Waals surface area contributed by atoms with Crippen molar-refractivity contribution in [2.45, 2.75) is 44.7 Å². The van der Waals surface area contributed by atoms with Gasteiger partial charge in [-0.05, 0) is 72.5 Å². The number of benzene rings is 4. The second-order valence-corrected chi connectivity index (χ2v) is 14.1. The minimum Gasteiger partial charge on any atom is -0.354 e. The molecular weight excluding hydrogens is 657 g/mol. The lowest BCUT2D eigenvalue weighted by Crippen LogP contribution is -2.53. The second kappa shape index (κ2) is 15.3. The molecule has 0 saturated carbocycles. The number of carbonyl (C=O) groups is 2. The summed E-state index contributed by atoms with van der Waals surface area (Å²) < 4.78 is 43.8. The zero-order valence-corrected chi connectivity index (χ0v) is 27.9. The predicted octanol–water partition coefficient (Wildman–Crippen LogP) is 6.50. The molecule has 0 aliphatic carbocycles. The maximum absolute atomic E-state index is 14.4. The van der Waals surface area contributed by atoms with Gasteiger partial charge in [0.2, 0.25) is 11.8 Å². The van der Waals surface area contributed by atoms with Gasteiger partial charge in [-0.15, -0.1) is 0 Å². The normalized spacial score (nSPS) is 12.0. The van der Waals surface area contributed by atoms with Crippen LogP contribution in [0.25, 0.3) is 0 Å². The van der Waals surface area contributed by atoms with Gasteiger partial charge in [-0.3, -0.25) is 13.9 Å². The number of carbonyl (C=O) groups excluding carboxylic acids is 2. The van der Waals surface area contributed by atoms with Crippen LogP contribution in [-0.4, -0.2) is 44.3 Å². The molecule has 0 bridgehead atoms. The van der Waals surface area contributed by atoms with E-state index < -0.39 is 34.3 Å². The van der Waals surface area contributed by atoms with Crippen molar-refractivity contribution in [2.75, 3.05) is 17.4 Å². The molecule has 4 aromatic rings. The van der Waals surface area contributed by atoms with Crippen molar-refractivity contribution in [1.29, 1.82) is 0 Å². The van der Waals surface area contributed by atoms with Crippen LogP contribution >= 0.6 is 15.9 Å². The average molecular weight is 695 g/mol. The summed E-state index contributed by atoms with van der Waals surface area (Å²) in [6, 6.07) is 27.1. The predicted molar refractivity (Wildman–Crippen MR) is 179 cm³/mol. The van der Waals surface area contributed by atoms with E-state index in [-0.39, 0.29) is 35.4 Å². The van der Waals surface area contributed by atoms with Crippen molar-refractivity contribution in [3.05, 3.63) is 130 Å². The maximum atomic E-state index is 14.4. The average Bonchev–Trinajstić information content (AvgIpc) is 3.02. The Kier molecular flexibility index (Phi) is 11.5. The Morgan fingerprint density at radius 2 is 1.47 bits per heavy atom. The summed E-state index contributed by atoms with van der Waals surface area (Å²) in [5, 5.41) is 2.96. The summed E-state index contributed by atoms with van der Waals surface area (Å²) in [5.41, 5.74) is 2.60. The third kappa shape index (κ3) is 9.25. The fourth-order valence-electron chi connectivity index (χ4n) is 4.74. The van der Waals surface area contributed by atoms with Gasteiger partial charge in [0.25, 0.3) is 10.0 Å². The van der Waals surface area contributed by atoms with E-state index in [0.29, 0.717) is 12.1 Å². The van der Waals surface area contributed by atoms with E-state index in [4.69, 9.17) is 0 Å². The van der Waals surface area contributed by atoms with E-state index in [2.05, 4.69) is 21.2 Å². The third-order valence-electron chi connectivity index (χ3n) is 7.22. The number of aryl methyl sites for hydroxylation is 1. The molecule has 10 heteroatoms. The molecule has 0 aliphatic heterocycles. The molecule has 0 unspecified atom stereocenters. The molecule has 0 spiro atoms. The quantitative estimate of drug-likeness (QED) is 0.173. The lowest BCUT2D eigenvalue weighted by atomic mass is 10.0. The van der Waals surface area contributed by atoms with Crippen molar-refractivity contribution in [1.82, 2.24) is 10.2 Å². The van der Waals surface area contributed by atoms with Crippen LogP contribution in [0.4, 0.5) is 10.1 Å². The van der Waals surface area contributed by atoms with Crippen LogP contribution < -0.4 is 9.62 Å². The third-order valence-corrected chi connectivity index (χ3v) is 9.54. The van der Waals surface area contributed by atoms with Crippen molar-refractivity contribution < 1.29 is 22.4 Å². The smallest absolute Gasteiger partial charge is 0.264 e. The Labute approximate surface area is 273 Å². The van der Waals surface area contributed by atoms with Gasteiger partial charge in [0.05, 0.1) is 10.6 Å². The number of hydrogen-bond donors (Lipinski definition) is 1. The maximum Gasteiger partial charge on any atom is 0.264 e. The van der Waals surface area contributed by atoms with E-state index in [1.54, 1.807) is 48.5 Å². The Hall–Kier alpha value is -4.02. The lowest BCUT2D eigenvalue weighted by Gasteiger charge is -2.34. The summed E-state index contributed by atoms with van der Waals surface area (Å²) >= 11 is 3.39. The minimum absolute atomic E-state index is 0.0319. The SMILES string of the molecule is Cc1ccc(S(=O)(=O)N(CC(=O)N(Cc2ccc(F)cc2)[C@@H](Cc2ccccc2)C(=O)NCC(C)C)c2ccc(Br)cc2)cc1. The van der Waals surface area contributed by atoms with E-state index in [0.717, 1.165) is 19.9 Å². The van der Waals surface area contributed by atoms with Crippen molar-refractivity contribution >= 4 is 43.5 Å². The molecule has 4 aromatic carbocycles. The number of anilines is 1. The van der Waals surface area contributed by atoms with Crippen molar-refractivity contribution in [3.63, 3.8) is 0 Å². The number of sulfonamides is 1. The number of amides is 2. The van der Waals surface area contributed by atoms with Gasteiger partial charge in [0.15, 0.2) is 0 Å². The first-order valence-electron chi connectivity index (χ1n) is 14.6. The van der Waals surface area contributed by atoms with Crippen molar-refractivity contribution in [3.8, 4) is 0 Å². The molecule has 4 rings (SSSR count). The van der Waals surface area contributed by atoms with Crippen LogP contribution in [0.2, 0.25) is 0 Å². The van der Waals surface area contributed by atoms with Crippen LogP contribution in [0.3, 0.4) is 0 Å². The Balaban J connectivity index is 1.79. The zero-order valence-electron chi connectivity index (χ0n) is 25.5. The molecule has 0 radical (unpaired) electrons. The summed E-state index contributed by atoms with van der Waals surface area (Å²) in [6.07, 6.45) is 0.195. The first kappa shape index (κ1) is 33.9. The van der Waals surface area contributed by atoms with Gasteiger partial charge >= 0.3 is 0 Å². The first-order valence-corrected chi connectivity index (χ1v) is 16.9. The molecule has 0 heterocycles. The van der Waals surface area contributed by atoms with E-state index in [1.165, 1.54) is 29.2 Å². The van der Waals surface area contributed by atoms with Gasteiger partial charge in [-0.2, -0.15) is 0 Å². The Morgan fingerprint density at radius 1 is 0.844 bits per heavy atom. The summed E-state index contributed by atoms with van der Waals surface area (Å²) in [6.45, 7) is 5.60. The minimum atomic E-state index is -4.20. The highest BCUT2D eigenvalue weighted by atomic mass is 79.9. The Bertz CT molecular complexity index is 1680. The van der Waals surface area contributed by atoms with Gasteiger partial charge < -0.3 is 10.2 Å². The highest BCUT2D eigenvalue weighted by molar-refractivity contribution is 9.10. The molecule has 1 N–H and O–H groups in total. The molecule has 1 atom stereocenters. The lowest BCUT2D eigenvalue weighted by molar-refractivity contribution is -0.140. The van der Waals surface area contributed by atoms with E-state index >= 15 is 0 Å². The van der Waals surface area contributed by atoms with Crippen LogP contribution in [0.15, 0.2) is 112 Å². The number of nitrogens with one attached hydrogen (secondary N) is 1. The molecular formula is C35H37BrFN3O4S. The van der Waals surface area contributed by atoms with Gasteiger partial charge in [0.1, 0.15) is 18.4 Å². The van der Waals surface area contributed by atoms with E-state index in [1.807, 2.05) is 51.1 Å². The van der Waals surface area contributed by atoms with Gasteiger partial charge in [0, 0.05) is 24.0 Å². The molecule has 236 valence electrons. The zero-order chi connectivity index (χ0) is 32.6. The number of rotatable bonds is 13. The highest BCUT2D eigenvalue weighted by Crippen LogP contribution is 2.27. The molecule has 0 aliphatic rings. The molecule has 0 saturated heterocycles. The summed E-state index contributed by atoms with van der Waals surface area (Å²) in [4.78, 5) is 29.6. The largest absolute Gasteiger partial charge is 0.354 e. The second-order valence-electron chi connectivity index (χ2n) is 11.3. The monoisotopic (exact) mass is 693 g/mol. The molecule has 45 heavy (non-hydrogen) atoms. The van der Waals surface area contributed by atoms with Crippen molar-refractivity contribution in [2.24, 2.45) is 5.92 Å².